The molecular formula is C66H103BrN6O19. The van der Waals surface area contributed by atoms with Gasteiger partial charge in [-0.15, -0.1) is 0 Å². The minimum Gasteiger partial charge on any atom is -0.462 e. The third kappa shape index (κ3) is 29.6. The molecule has 0 aromatic heterocycles. The van der Waals surface area contributed by atoms with Gasteiger partial charge in [-0.2, -0.15) is 0 Å². The number of hydrogen-bond donors (Lipinski definition) is 8. The SMILES string of the molecule is CC(/C=C/[C@H]1O[C@H](CC(=O)N[C@H]2CC[C@H](OC(=O)CCc3ccccc3NC(=O)[C@H](C)NC(=O)[C@@H](NC(=O)CCOCCOCCOCCOCCOCCOCCNC(=O)CBr)C(C)C)CC2)C[C@@]2(CO2)[C@@H]1O)=C\C[C@@H]1O[C@H](C)[C@H](NC(=O)/C=C\[C@H](C)O)C[C@@H]1C. The van der Waals surface area contributed by atoms with Crippen molar-refractivity contribution in [2.24, 2.45) is 11.8 Å². The summed E-state index contributed by atoms with van der Waals surface area (Å²) in [5, 5.41) is 38.1. The van der Waals surface area contributed by atoms with E-state index in [1.807, 2.05) is 32.1 Å². The fourth-order valence-electron chi connectivity index (χ4n) is 10.8. The van der Waals surface area contributed by atoms with E-state index < -0.39 is 53.9 Å². The highest BCUT2D eigenvalue weighted by atomic mass is 79.9. The lowest BCUT2D eigenvalue weighted by molar-refractivity contribution is -0.151. The van der Waals surface area contributed by atoms with Crippen LogP contribution in [0.5, 0.6) is 0 Å². The van der Waals surface area contributed by atoms with Crippen LogP contribution in [0.25, 0.3) is 0 Å². The summed E-state index contributed by atoms with van der Waals surface area (Å²) in [5.41, 5.74) is 1.40. The molecule has 3 heterocycles. The number of aliphatic hydroxyl groups is 2. The highest BCUT2D eigenvalue weighted by Crippen LogP contribution is 2.43. The number of ether oxygens (including phenoxy) is 10. The maximum Gasteiger partial charge on any atom is 0.306 e. The van der Waals surface area contributed by atoms with Crippen molar-refractivity contribution in [1.82, 2.24) is 26.6 Å². The van der Waals surface area contributed by atoms with E-state index in [0.29, 0.717) is 129 Å². The summed E-state index contributed by atoms with van der Waals surface area (Å²) < 4.78 is 57.1. The fourth-order valence-corrected chi connectivity index (χ4v) is 11.0. The lowest BCUT2D eigenvalue weighted by Crippen LogP contribution is -2.53. The number of anilines is 1. The molecule has 518 valence electrons. The van der Waals surface area contributed by atoms with Crippen LogP contribution in [-0.4, -0.2) is 222 Å². The molecule has 5 rings (SSSR count). The molecule has 92 heavy (non-hydrogen) atoms. The van der Waals surface area contributed by atoms with Crippen LogP contribution in [0.4, 0.5) is 5.69 Å². The Morgan fingerprint density at radius 2 is 1.37 bits per heavy atom. The zero-order chi connectivity index (χ0) is 66.8. The summed E-state index contributed by atoms with van der Waals surface area (Å²) >= 11 is 3.08. The highest BCUT2D eigenvalue weighted by Gasteiger charge is 2.58. The fraction of sp³-hybridized carbons (Fsp3) is 0.712. The second-order valence-corrected chi connectivity index (χ2v) is 24.9. The maximum absolute atomic E-state index is 13.4. The average Bonchev–Trinajstić information content (AvgIpc) is 1.61. The number of esters is 1. The molecule has 3 aliphatic heterocycles. The lowest BCUT2D eigenvalue weighted by Gasteiger charge is -2.39. The van der Waals surface area contributed by atoms with Gasteiger partial charge in [0.15, 0.2) is 0 Å². The van der Waals surface area contributed by atoms with Crippen molar-refractivity contribution in [3.63, 3.8) is 0 Å². The summed E-state index contributed by atoms with van der Waals surface area (Å²) in [6, 6.07) is 4.98. The average molecular weight is 1360 g/mol. The van der Waals surface area contributed by atoms with Crippen molar-refractivity contribution in [1.29, 1.82) is 0 Å². The maximum atomic E-state index is 13.4. The van der Waals surface area contributed by atoms with Crippen molar-refractivity contribution in [2.75, 3.05) is 103 Å². The van der Waals surface area contributed by atoms with Gasteiger partial charge in [-0.25, -0.2) is 0 Å². The number of allylic oxidation sites excluding steroid dienone is 2. The topological polar surface area (TPSA) is 328 Å². The Morgan fingerprint density at radius 1 is 0.750 bits per heavy atom. The number of alkyl halides is 1. The molecule has 26 heteroatoms. The molecule has 3 saturated heterocycles. The van der Waals surface area contributed by atoms with Gasteiger partial charge in [0.2, 0.25) is 35.4 Å². The van der Waals surface area contributed by atoms with E-state index in [0.717, 1.165) is 12.0 Å². The van der Waals surface area contributed by atoms with E-state index in [1.165, 1.54) is 12.2 Å². The second kappa shape index (κ2) is 42.3. The Hall–Kier alpha value is -5.23. The smallest absolute Gasteiger partial charge is 0.306 e. The Morgan fingerprint density at radius 3 is 1.98 bits per heavy atom. The molecule has 0 unspecified atom stereocenters. The van der Waals surface area contributed by atoms with Crippen molar-refractivity contribution in [3.05, 3.63) is 65.8 Å². The largest absolute Gasteiger partial charge is 0.462 e. The van der Waals surface area contributed by atoms with Crippen molar-refractivity contribution in [3.8, 4) is 0 Å². The number of carbonyl (C=O) groups is 7. The van der Waals surface area contributed by atoms with Crippen LogP contribution < -0.4 is 31.9 Å². The van der Waals surface area contributed by atoms with Gasteiger partial charge in [-0.1, -0.05) is 84.8 Å². The molecule has 0 radical (unpaired) electrons. The number of aryl methyl sites for hydroxylation is 1. The first kappa shape index (κ1) is 77.5. The first-order valence-electron chi connectivity index (χ1n) is 32.6. The third-order valence-corrected chi connectivity index (χ3v) is 16.8. The van der Waals surface area contributed by atoms with Gasteiger partial charge in [-0.05, 0) is 96.1 Å². The van der Waals surface area contributed by atoms with E-state index in [9.17, 15) is 43.8 Å². The minimum absolute atomic E-state index is 0.0148. The summed E-state index contributed by atoms with van der Waals surface area (Å²) in [5.74, 6) is -2.38. The molecule has 8 N–H and O–H groups in total. The molecule has 1 spiro atoms. The second-order valence-electron chi connectivity index (χ2n) is 24.4. The Labute approximate surface area is 550 Å². The first-order valence-corrected chi connectivity index (χ1v) is 33.7. The Kier molecular flexibility index (Phi) is 35.6. The van der Waals surface area contributed by atoms with Gasteiger partial charge in [0.25, 0.3) is 0 Å². The minimum atomic E-state index is -0.964. The standard InChI is InChI=1S/C66H103BrN6O19/c1-43(2)62(73-58(76)24-26-83-28-30-85-32-34-87-36-37-88-35-33-86-31-29-84-27-25-68-60(78)41-67)65(82)69-47(6)64(81)72-53-11-9-8-10-49(53)15-23-61(79)92-51-18-16-50(17-19-51)70-59(77)39-52-40-66(42-89-66)63(80)56(91-52)21-13-44(3)12-20-55-45(4)38-54(48(7)90-55)71-57(75)22-14-46(5)74/h8-14,21-22,43,45-48,50-52,54-56,62-63,74,80H,15-20,23-42H2,1-7H3,(H,68,78)(H,69,82)(H,70,77)(H,71,75)(H,72,81)(H,73,76)/b21-13+,22-14-,44-12+/t45-,46-,47-,48+,50-,51-,52+,54+,55-,56+,62-,63+,66+/m0/s1. The van der Waals surface area contributed by atoms with Gasteiger partial charge in [0.05, 0.1) is 128 Å². The highest BCUT2D eigenvalue weighted by molar-refractivity contribution is 9.09. The van der Waals surface area contributed by atoms with E-state index >= 15 is 0 Å². The zero-order valence-corrected chi connectivity index (χ0v) is 56.4. The van der Waals surface area contributed by atoms with Crippen LogP contribution in [0, 0.1) is 11.8 Å². The molecule has 1 aromatic rings. The quantitative estimate of drug-likeness (QED) is 0.0115. The molecule has 4 fully saturated rings. The molecular weight excluding hydrogens is 1260 g/mol. The number of halogens is 1. The van der Waals surface area contributed by atoms with E-state index in [1.54, 1.807) is 45.9 Å². The number of rotatable bonds is 42. The first-order chi connectivity index (χ1) is 44.1. The van der Waals surface area contributed by atoms with Gasteiger partial charge < -0.3 is 89.5 Å². The van der Waals surface area contributed by atoms with E-state index in [4.69, 9.17) is 47.4 Å². The van der Waals surface area contributed by atoms with Gasteiger partial charge in [-0.3, -0.25) is 33.6 Å². The number of aliphatic hydroxyl groups excluding tert-OH is 2. The van der Waals surface area contributed by atoms with Crippen molar-refractivity contribution >= 4 is 63.0 Å². The molecule has 6 amide bonds. The number of carbonyl (C=O) groups excluding carboxylic acids is 7. The van der Waals surface area contributed by atoms with Crippen LogP contribution >= 0.6 is 15.9 Å². The van der Waals surface area contributed by atoms with Gasteiger partial charge in [0.1, 0.15) is 36.0 Å². The van der Waals surface area contributed by atoms with Gasteiger partial charge in [0, 0.05) is 43.6 Å². The zero-order valence-electron chi connectivity index (χ0n) is 54.8. The predicted molar refractivity (Wildman–Crippen MR) is 345 cm³/mol. The van der Waals surface area contributed by atoms with Crippen LogP contribution in [0.2, 0.25) is 0 Å². The van der Waals surface area contributed by atoms with Crippen LogP contribution in [0.3, 0.4) is 0 Å². The molecule has 11 atom stereocenters. The number of epoxide rings is 1. The van der Waals surface area contributed by atoms with Gasteiger partial charge >= 0.3 is 5.97 Å². The molecule has 25 nitrogen and oxygen atoms in total. The van der Waals surface area contributed by atoms with Crippen LogP contribution in [-0.2, 0) is 87.4 Å². The number of hydrogen-bond acceptors (Lipinski definition) is 19. The summed E-state index contributed by atoms with van der Waals surface area (Å²) in [6.07, 6.45) is 9.99. The molecule has 1 aliphatic carbocycles. The summed E-state index contributed by atoms with van der Waals surface area (Å²) in [6.45, 7) is 17.9. The normalized spacial score (nSPS) is 25.0. The number of nitrogens with one attached hydrogen (secondary N) is 6. The predicted octanol–water partition coefficient (Wildman–Crippen LogP) is 3.98. The monoisotopic (exact) mass is 1360 g/mol. The molecule has 4 aliphatic rings. The number of amides is 6. The van der Waals surface area contributed by atoms with Crippen molar-refractivity contribution < 1.29 is 91.1 Å². The van der Waals surface area contributed by atoms with Crippen molar-refractivity contribution in [2.45, 2.75) is 192 Å². The molecule has 1 aromatic carbocycles. The Balaban J connectivity index is 0.907. The molecule has 1 saturated carbocycles. The van der Waals surface area contributed by atoms with Crippen LogP contribution in [0.15, 0.2) is 60.2 Å². The van der Waals surface area contributed by atoms with E-state index in [2.05, 4.69) is 60.8 Å². The molecule has 0 bridgehead atoms. The Bertz CT molecular complexity index is 2530. The number of benzene rings is 1. The van der Waals surface area contributed by atoms with E-state index in [-0.39, 0.29) is 116 Å². The third-order valence-electron chi connectivity index (χ3n) is 16.2. The summed E-state index contributed by atoms with van der Waals surface area (Å²) in [7, 11) is 0. The summed E-state index contributed by atoms with van der Waals surface area (Å²) in [4.78, 5) is 89.7. The number of para-hydroxylation sites is 1. The van der Waals surface area contributed by atoms with Crippen LogP contribution in [0.1, 0.15) is 118 Å². The lowest BCUT2D eigenvalue weighted by atomic mass is 9.87.